The maximum atomic E-state index is 6.24. The number of nitrogens with two attached hydrogens (primary N) is 1. The van der Waals surface area contributed by atoms with Gasteiger partial charge in [-0.25, -0.2) is 4.68 Å². The number of hydrogen-bond acceptors (Lipinski definition) is 2. The van der Waals surface area contributed by atoms with Crippen LogP contribution in [0.4, 0.5) is 5.82 Å². The highest BCUT2D eigenvalue weighted by atomic mass is 127. The number of rotatable bonds is 2. The summed E-state index contributed by atoms with van der Waals surface area (Å²) in [6.45, 7) is 10.6. The van der Waals surface area contributed by atoms with Crippen molar-refractivity contribution >= 4 is 28.4 Å². The van der Waals surface area contributed by atoms with Gasteiger partial charge in [0.2, 0.25) is 0 Å². The molecule has 0 aliphatic carbocycles. The van der Waals surface area contributed by atoms with E-state index in [0.717, 1.165) is 20.8 Å². The zero-order valence-corrected chi connectivity index (χ0v) is 14.2. The highest BCUT2D eigenvalue weighted by Crippen LogP contribution is 2.30. The molecule has 2 aromatic rings. The molecule has 0 aliphatic rings. The lowest BCUT2D eigenvalue weighted by atomic mass is 10.1. The van der Waals surface area contributed by atoms with E-state index in [1.807, 2.05) is 4.68 Å². The van der Waals surface area contributed by atoms with Gasteiger partial charge in [-0.2, -0.15) is 5.10 Å². The van der Waals surface area contributed by atoms with Gasteiger partial charge in [-0.05, 0) is 60.4 Å². The van der Waals surface area contributed by atoms with Crippen LogP contribution in [-0.2, 0) is 0 Å². The minimum Gasteiger partial charge on any atom is -0.383 e. The van der Waals surface area contributed by atoms with E-state index in [2.05, 4.69) is 69.3 Å². The van der Waals surface area contributed by atoms with Gasteiger partial charge in [0.1, 0.15) is 5.82 Å². The Morgan fingerprint density at radius 2 is 1.68 bits per heavy atom. The summed E-state index contributed by atoms with van der Waals surface area (Å²) in [5, 5.41) is 4.71. The Balaban J connectivity index is 2.70. The smallest absolute Gasteiger partial charge is 0.141 e. The first-order valence-corrected chi connectivity index (χ1v) is 7.53. The molecule has 1 heterocycles. The Morgan fingerprint density at radius 3 is 2.11 bits per heavy atom. The van der Waals surface area contributed by atoms with Crippen molar-refractivity contribution in [2.24, 2.45) is 0 Å². The number of aromatic nitrogens is 2. The number of nitrogens with zero attached hydrogens (tertiary/aromatic N) is 2. The van der Waals surface area contributed by atoms with Crippen LogP contribution in [-0.4, -0.2) is 9.78 Å². The third-order valence-corrected chi connectivity index (χ3v) is 4.39. The predicted molar refractivity (Wildman–Crippen MR) is 89.0 cm³/mol. The lowest BCUT2D eigenvalue weighted by molar-refractivity contribution is 0.764. The summed E-state index contributed by atoms with van der Waals surface area (Å²) in [6, 6.07) is 4.34. The van der Waals surface area contributed by atoms with Crippen molar-refractivity contribution < 1.29 is 0 Å². The molecule has 19 heavy (non-hydrogen) atoms. The molecule has 1 aromatic carbocycles. The summed E-state index contributed by atoms with van der Waals surface area (Å²) < 4.78 is 2.95. The number of benzene rings is 1. The molecule has 0 saturated heterocycles. The van der Waals surface area contributed by atoms with Gasteiger partial charge in [0, 0.05) is 0 Å². The molecule has 0 fully saturated rings. The maximum Gasteiger partial charge on any atom is 0.141 e. The largest absolute Gasteiger partial charge is 0.383 e. The van der Waals surface area contributed by atoms with Gasteiger partial charge in [0.15, 0.2) is 0 Å². The van der Waals surface area contributed by atoms with Crippen LogP contribution >= 0.6 is 22.6 Å². The first-order chi connectivity index (χ1) is 8.82. The van der Waals surface area contributed by atoms with Gasteiger partial charge in [0.25, 0.3) is 0 Å². The molecule has 0 bridgehead atoms. The number of aryl methyl sites for hydroxylation is 3. The van der Waals surface area contributed by atoms with Crippen molar-refractivity contribution in [3.05, 3.63) is 38.1 Å². The Kier molecular flexibility index (Phi) is 3.90. The lowest BCUT2D eigenvalue weighted by Gasteiger charge is -2.12. The van der Waals surface area contributed by atoms with E-state index in [-0.39, 0.29) is 0 Å². The first kappa shape index (κ1) is 14.4. The average Bonchev–Trinajstić information content (AvgIpc) is 2.56. The van der Waals surface area contributed by atoms with Crippen LogP contribution < -0.4 is 5.73 Å². The Bertz CT molecular complexity index is 604. The molecule has 2 rings (SSSR count). The molecule has 0 atom stereocenters. The SMILES string of the molecule is Cc1cc(C)c(-n2nc(C(C)C)c(I)c2N)c(C)c1. The van der Waals surface area contributed by atoms with Crippen molar-refractivity contribution in [3.8, 4) is 5.69 Å². The molecule has 0 radical (unpaired) electrons. The standard InChI is InChI=1S/C15H20IN3/c1-8(2)13-12(16)15(17)19(18-13)14-10(4)6-9(3)7-11(14)5/h6-8H,17H2,1-5H3. The molecule has 0 spiro atoms. The van der Waals surface area contributed by atoms with Crippen LogP contribution in [0.25, 0.3) is 5.69 Å². The topological polar surface area (TPSA) is 43.8 Å². The van der Waals surface area contributed by atoms with Gasteiger partial charge >= 0.3 is 0 Å². The fourth-order valence-corrected chi connectivity index (χ4v) is 3.43. The normalized spacial score (nSPS) is 11.3. The lowest BCUT2D eigenvalue weighted by Crippen LogP contribution is -2.07. The predicted octanol–water partition coefficient (Wildman–Crippen LogP) is 4.11. The van der Waals surface area contributed by atoms with Crippen LogP contribution in [0.5, 0.6) is 0 Å². The van der Waals surface area contributed by atoms with Crippen molar-refractivity contribution in [1.29, 1.82) is 0 Å². The highest BCUT2D eigenvalue weighted by molar-refractivity contribution is 14.1. The average molecular weight is 369 g/mol. The Hall–Kier alpha value is -1.04. The Morgan fingerprint density at radius 1 is 1.16 bits per heavy atom. The second-order valence-corrected chi connectivity index (χ2v) is 6.48. The van der Waals surface area contributed by atoms with E-state index >= 15 is 0 Å². The van der Waals surface area contributed by atoms with Crippen LogP contribution in [0.15, 0.2) is 12.1 Å². The van der Waals surface area contributed by atoms with E-state index < -0.39 is 0 Å². The molecule has 0 amide bonds. The van der Waals surface area contributed by atoms with Gasteiger partial charge in [-0.3, -0.25) is 0 Å². The summed E-state index contributed by atoms with van der Waals surface area (Å²) in [5.74, 6) is 1.11. The van der Waals surface area contributed by atoms with Crippen LogP contribution in [0.3, 0.4) is 0 Å². The monoisotopic (exact) mass is 369 g/mol. The second-order valence-electron chi connectivity index (χ2n) is 5.40. The summed E-state index contributed by atoms with van der Waals surface area (Å²) >= 11 is 2.29. The molecule has 0 unspecified atom stereocenters. The molecular weight excluding hydrogens is 349 g/mol. The zero-order valence-electron chi connectivity index (χ0n) is 12.1. The van der Waals surface area contributed by atoms with Crippen molar-refractivity contribution in [2.45, 2.75) is 40.5 Å². The van der Waals surface area contributed by atoms with Gasteiger partial charge in [-0.15, -0.1) is 0 Å². The van der Waals surface area contributed by atoms with E-state index in [4.69, 9.17) is 10.8 Å². The number of halogens is 1. The van der Waals surface area contributed by atoms with Crippen LogP contribution in [0.2, 0.25) is 0 Å². The number of hydrogen-bond donors (Lipinski definition) is 1. The van der Waals surface area contributed by atoms with Crippen molar-refractivity contribution in [3.63, 3.8) is 0 Å². The van der Waals surface area contributed by atoms with Gasteiger partial charge < -0.3 is 5.73 Å². The highest BCUT2D eigenvalue weighted by Gasteiger charge is 2.18. The third kappa shape index (κ3) is 2.50. The van der Waals surface area contributed by atoms with Crippen molar-refractivity contribution in [1.82, 2.24) is 9.78 Å². The molecule has 2 N–H and O–H groups in total. The van der Waals surface area contributed by atoms with Crippen molar-refractivity contribution in [2.75, 3.05) is 5.73 Å². The summed E-state index contributed by atoms with van der Waals surface area (Å²) in [5.41, 5.74) is 12.1. The summed E-state index contributed by atoms with van der Waals surface area (Å²) in [7, 11) is 0. The fraction of sp³-hybridized carbons (Fsp3) is 0.400. The molecule has 3 nitrogen and oxygen atoms in total. The maximum absolute atomic E-state index is 6.24. The third-order valence-electron chi connectivity index (χ3n) is 3.28. The number of anilines is 1. The van der Waals surface area contributed by atoms with Gasteiger partial charge in [0.05, 0.1) is 15.0 Å². The van der Waals surface area contributed by atoms with E-state index in [0.29, 0.717) is 5.92 Å². The minimum atomic E-state index is 0.376. The first-order valence-electron chi connectivity index (χ1n) is 6.45. The molecular formula is C15H20IN3. The van der Waals surface area contributed by atoms with Crippen LogP contribution in [0.1, 0.15) is 42.1 Å². The van der Waals surface area contributed by atoms with E-state index in [9.17, 15) is 0 Å². The summed E-state index contributed by atoms with van der Waals surface area (Å²) in [6.07, 6.45) is 0. The molecule has 4 heteroatoms. The van der Waals surface area contributed by atoms with Crippen LogP contribution in [0, 0.1) is 24.3 Å². The Labute approximate surface area is 128 Å². The molecule has 1 aromatic heterocycles. The zero-order chi connectivity index (χ0) is 14.3. The second kappa shape index (κ2) is 5.15. The van der Waals surface area contributed by atoms with E-state index in [1.54, 1.807) is 0 Å². The number of nitrogen functional groups attached to an aromatic ring is 1. The quantitative estimate of drug-likeness (QED) is 0.810. The van der Waals surface area contributed by atoms with Gasteiger partial charge in [-0.1, -0.05) is 31.5 Å². The summed E-state index contributed by atoms with van der Waals surface area (Å²) in [4.78, 5) is 0. The molecule has 0 saturated carbocycles. The fourth-order valence-electron chi connectivity index (χ4n) is 2.48. The molecule has 102 valence electrons. The minimum absolute atomic E-state index is 0.376. The molecule has 0 aliphatic heterocycles. The van der Waals surface area contributed by atoms with E-state index in [1.165, 1.54) is 16.7 Å².